The Bertz CT molecular complexity index is 1990. The van der Waals surface area contributed by atoms with Gasteiger partial charge in [0, 0.05) is 51.5 Å². The summed E-state index contributed by atoms with van der Waals surface area (Å²) in [5, 5.41) is 2.48. The first-order chi connectivity index (χ1) is 19.3. The molecule has 0 radical (unpaired) electrons. The van der Waals surface area contributed by atoms with Crippen LogP contribution < -0.4 is 0 Å². The SMILES string of the molecule is C1=C(c2ccccc2)c2[nH]c3ccccc3c2C(c2ccccc2)c2cc(Cc3c[nH]c4ccccc34)oc21. The molecule has 8 rings (SSSR count). The molecule has 1 aliphatic carbocycles. The Balaban J connectivity index is 1.38. The molecule has 0 saturated carbocycles. The first-order valence-corrected chi connectivity index (χ1v) is 13.4. The first-order valence-electron chi connectivity index (χ1n) is 13.4. The maximum absolute atomic E-state index is 6.72. The molecule has 7 aromatic rings. The van der Waals surface area contributed by atoms with Crippen molar-refractivity contribution < 1.29 is 4.42 Å². The summed E-state index contributed by atoms with van der Waals surface area (Å²) in [6.07, 6.45) is 5.07. The topological polar surface area (TPSA) is 44.7 Å². The molecule has 1 aliphatic rings. The molecule has 3 nitrogen and oxygen atoms in total. The number of para-hydroxylation sites is 2. The van der Waals surface area contributed by atoms with E-state index in [2.05, 4.69) is 138 Å². The summed E-state index contributed by atoms with van der Waals surface area (Å²) in [4.78, 5) is 7.20. The van der Waals surface area contributed by atoms with Crippen LogP contribution in [-0.2, 0) is 6.42 Å². The fourth-order valence-corrected chi connectivity index (χ4v) is 6.24. The van der Waals surface area contributed by atoms with Gasteiger partial charge < -0.3 is 14.4 Å². The molecule has 0 bridgehead atoms. The summed E-state index contributed by atoms with van der Waals surface area (Å²) in [5.41, 5.74) is 10.8. The quantitative estimate of drug-likeness (QED) is 0.248. The monoisotopic (exact) mass is 502 g/mol. The average molecular weight is 503 g/mol. The second-order valence-electron chi connectivity index (χ2n) is 10.3. The fraction of sp³-hybridized carbons (Fsp3) is 0.0556. The molecule has 0 saturated heterocycles. The number of H-pyrrole nitrogens is 2. The minimum atomic E-state index is 0.0327. The molecule has 1 unspecified atom stereocenters. The summed E-state index contributed by atoms with van der Waals surface area (Å²) in [7, 11) is 0. The van der Waals surface area contributed by atoms with Crippen LogP contribution >= 0.6 is 0 Å². The molecule has 0 spiro atoms. The molecule has 1 atom stereocenters. The number of rotatable bonds is 4. The van der Waals surface area contributed by atoms with Crippen molar-refractivity contribution in [1.29, 1.82) is 0 Å². The van der Waals surface area contributed by atoms with Crippen LogP contribution in [-0.4, -0.2) is 9.97 Å². The van der Waals surface area contributed by atoms with Crippen LogP contribution in [0.2, 0.25) is 0 Å². The van der Waals surface area contributed by atoms with Gasteiger partial charge in [-0.1, -0.05) is 97.1 Å². The van der Waals surface area contributed by atoms with Gasteiger partial charge in [-0.15, -0.1) is 0 Å². The third-order valence-corrected chi connectivity index (χ3v) is 7.99. The Morgan fingerprint density at radius 2 is 1.38 bits per heavy atom. The zero-order valence-electron chi connectivity index (χ0n) is 21.3. The number of benzene rings is 4. The number of aromatic amines is 2. The summed E-state index contributed by atoms with van der Waals surface area (Å²) >= 11 is 0. The van der Waals surface area contributed by atoms with Crippen molar-refractivity contribution in [3.63, 3.8) is 0 Å². The Morgan fingerprint density at radius 1 is 0.692 bits per heavy atom. The zero-order chi connectivity index (χ0) is 25.8. The maximum Gasteiger partial charge on any atom is 0.131 e. The smallest absolute Gasteiger partial charge is 0.131 e. The van der Waals surface area contributed by atoms with Crippen LogP contribution in [0, 0.1) is 0 Å². The number of hydrogen-bond acceptors (Lipinski definition) is 1. The molecule has 0 amide bonds. The minimum absolute atomic E-state index is 0.0327. The normalized spacial score (nSPS) is 14.7. The third kappa shape index (κ3) is 3.58. The van der Waals surface area contributed by atoms with Crippen LogP contribution in [0.25, 0.3) is 33.5 Å². The molecule has 0 fully saturated rings. The highest BCUT2D eigenvalue weighted by atomic mass is 16.3. The summed E-state index contributed by atoms with van der Waals surface area (Å²) < 4.78 is 6.72. The van der Waals surface area contributed by atoms with E-state index in [9.17, 15) is 0 Å². The molecule has 0 aliphatic heterocycles. The van der Waals surface area contributed by atoms with Gasteiger partial charge in [-0.2, -0.15) is 0 Å². The van der Waals surface area contributed by atoms with E-state index in [1.54, 1.807) is 0 Å². The fourth-order valence-electron chi connectivity index (χ4n) is 6.24. The molecule has 4 aromatic carbocycles. The zero-order valence-corrected chi connectivity index (χ0v) is 21.3. The van der Waals surface area contributed by atoms with E-state index in [4.69, 9.17) is 4.42 Å². The van der Waals surface area contributed by atoms with Gasteiger partial charge in [-0.25, -0.2) is 0 Å². The second kappa shape index (κ2) is 8.78. The number of aromatic nitrogens is 2. The van der Waals surface area contributed by atoms with Crippen molar-refractivity contribution in [3.05, 3.63) is 166 Å². The molecule has 2 N–H and O–H groups in total. The van der Waals surface area contributed by atoms with Crippen molar-refractivity contribution in [2.45, 2.75) is 12.3 Å². The van der Waals surface area contributed by atoms with E-state index in [1.807, 2.05) is 0 Å². The third-order valence-electron chi connectivity index (χ3n) is 7.99. The lowest BCUT2D eigenvalue weighted by atomic mass is 9.83. The molecular formula is C36H26N2O. The van der Waals surface area contributed by atoms with Crippen molar-refractivity contribution in [1.82, 2.24) is 9.97 Å². The van der Waals surface area contributed by atoms with Gasteiger partial charge in [0.1, 0.15) is 11.5 Å². The number of hydrogen-bond donors (Lipinski definition) is 2. The van der Waals surface area contributed by atoms with Crippen LogP contribution in [0.15, 0.2) is 126 Å². The summed E-state index contributed by atoms with van der Waals surface area (Å²) in [6.45, 7) is 0. The van der Waals surface area contributed by atoms with Gasteiger partial charge in [0.25, 0.3) is 0 Å². The highest BCUT2D eigenvalue weighted by Crippen LogP contribution is 2.47. The lowest BCUT2D eigenvalue weighted by molar-refractivity contribution is 0.510. The Kier molecular flexibility index (Phi) is 4.95. The van der Waals surface area contributed by atoms with Crippen LogP contribution in [0.4, 0.5) is 0 Å². The van der Waals surface area contributed by atoms with Gasteiger partial charge in [0.2, 0.25) is 0 Å². The lowest BCUT2D eigenvalue weighted by Crippen LogP contribution is -2.04. The van der Waals surface area contributed by atoms with Crippen LogP contribution in [0.5, 0.6) is 0 Å². The molecule has 3 heteroatoms. The molecule has 186 valence electrons. The van der Waals surface area contributed by atoms with Crippen molar-refractivity contribution in [2.24, 2.45) is 0 Å². The van der Waals surface area contributed by atoms with Crippen molar-refractivity contribution in [2.75, 3.05) is 0 Å². The van der Waals surface area contributed by atoms with E-state index < -0.39 is 0 Å². The van der Waals surface area contributed by atoms with Crippen LogP contribution in [0.1, 0.15) is 50.9 Å². The van der Waals surface area contributed by atoms with Crippen molar-refractivity contribution in [3.8, 4) is 0 Å². The molecule has 3 aromatic heterocycles. The predicted octanol–water partition coefficient (Wildman–Crippen LogP) is 8.92. The standard InChI is InChI=1S/C36H26N2O/c1-3-11-23(12-4-1)29-21-33-30(20-26(39-33)19-25-22-37-31-17-9-7-15-27(25)31)34(24-13-5-2-6-14-24)35-28-16-8-10-18-32(28)38-36(29)35/h1-18,20-22,34,37-38H,19H2. The summed E-state index contributed by atoms with van der Waals surface area (Å²) in [6, 6.07) is 40.8. The van der Waals surface area contributed by atoms with Gasteiger partial charge in [0.15, 0.2) is 0 Å². The maximum atomic E-state index is 6.72. The van der Waals surface area contributed by atoms with Crippen molar-refractivity contribution >= 4 is 33.5 Å². The van der Waals surface area contributed by atoms with Crippen LogP contribution in [0.3, 0.4) is 0 Å². The van der Waals surface area contributed by atoms with Gasteiger partial charge in [0.05, 0.1) is 5.69 Å². The molecular weight excluding hydrogens is 476 g/mol. The Morgan fingerprint density at radius 3 is 2.21 bits per heavy atom. The second-order valence-corrected chi connectivity index (χ2v) is 10.3. The largest absolute Gasteiger partial charge is 0.461 e. The average Bonchev–Trinajstić information content (AvgIpc) is 3.67. The van der Waals surface area contributed by atoms with Gasteiger partial charge in [-0.05, 0) is 46.5 Å². The van der Waals surface area contributed by atoms with Gasteiger partial charge in [-0.3, -0.25) is 0 Å². The lowest BCUT2D eigenvalue weighted by Gasteiger charge is -2.18. The van der Waals surface area contributed by atoms with Gasteiger partial charge >= 0.3 is 0 Å². The molecule has 39 heavy (non-hydrogen) atoms. The minimum Gasteiger partial charge on any atom is -0.461 e. The highest BCUT2D eigenvalue weighted by Gasteiger charge is 2.32. The molecule has 3 heterocycles. The van der Waals surface area contributed by atoms with E-state index in [0.29, 0.717) is 0 Å². The number of furan rings is 1. The van der Waals surface area contributed by atoms with E-state index in [1.165, 1.54) is 38.6 Å². The predicted molar refractivity (Wildman–Crippen MR) is 159 cm³/mol. The van der Waals surface area contributed by atoms with E-state index in [-0.39, 0.29) is 5.92 Å². The number of nitrogens with one attached hydrogen (secondary N) is 2. The summed E-state index contributed by atoms with van der Waals surface area (Å²) in [5.74, 6) is 1.93. The Labute approximate surface area is 226 Å². The van der Waals surface area contributed by atoms with E-state index >= 15 is 0 Å². The Hall–Kier alpha value is -5.02. The number of fused-ring (bicyclic) bond motifs is 5. The highest BCUT2D eigenvalue weighted by molar-refractivity contribution is 6.00. The first kappa shape index (κ1) is 22.0. The van der Waals surface area contributed by atoms with E-state index in [0.717, 1.165) is 40.2 Å².